The molecule has 2 fully saturated rings. The molecule has 0 aromatic heterocycles. The van der Waals surface area contributed by atoms with Crippen molar-refractivity contribution in [2.45, 2.75) is 143 Å². The summed E-state index contributed by atoms with van der Waals surface area (Å²) in [4.78, 5) is 92.2. The molecular weight excluding hydrogens is 1020 g/mol. The number of aryl methyl sites for hydroxylation is 5. The summed E-state index contributed by atoms with van der Waals surface area (Å²) in [5, 5.41) is 2.19. The van der Waals surface area contributed by atoms with Crippen LogP contribution in [0.5, 0.6) is 17.2 Å². The highest BCUT2D eigenvalue weighted by Gasteiger charge is 2.45. The Kier molecular flexibility index (Phi) is 24.2. The largest absolute Gasteiger partial charge is 0.493 e. The van der Waals surface area contributed by atoms with Crippen molar-refractivity contribution in [3.05, 3.63) is 123 Å². The van der Waals surface area contributed by atoms with E-state index in [9.17, 15) is 33.6 Å². The molecule has 432 valence electrons. The number of carbonyl (C=O) groups excluding carboxylic acids is 7. The van der Waals surface area contributed by atoms with Gasteiger partial charge in [0.05, 0.1) is 57.7 Å². The van der Waals surface area contributed by atoms with Gasteiger partial charge in [-0.05, 0) is 161 Å². The molecule has 2 unspecified atom stereocenters. The number of piperidine rings is 2. The summed E-state index contributed by atoms with van der Waals surface area (Å²) in [7, 11) is 3.19. The molecule has 1 N–H and O–H groups in total. The molecule has 3 aliphatic heterocycles. The minimum absolute atomic E-state index is 0.00171. The number of rotatable bonds is 28. The van der Waals surface area contributed by atoms with E-state index in [0.29, 0.717) is 113 Å². The van der Waals surface area contributed by atoms with Crippen molar-refractivity contribution < 1.29 is 66.7 Å². The zero-order valence-electron chi connectivity index (χ0n) is 48.0. The molecular formula is C63H81N3O14. The molecule has 5 amide bonds. The smallest absolute Gasteiger partial charge is 0.329 e. The topological polar surface area (TPSA) is 203 Å². The first-order valence-corrected chi connectivity index (χ1v) is 28.2. The van der Waals surface area contributed by atoms with Crippen molar-refractivity contribution in [3.8, 4) is 17.2 Å². The molecule has 0 radical (unpaired) electrons. The van der Waals surface area contributed by atoms with Gasteiger partial charge >= 0.3 is 5.97 Å². The predicted molar refractivity (Wildman–Crippen MR) is 301 cm³/mol. The van der Waals surface area contributed by atoms with Crippen molar-refractivity contribution >= 4 is 41.3 Å². The van der Waals surface area contributed by atoms with Gasteiger partial charge in [-0.15, -0.1) is 0 Å². The second kappa shape index (κ2) is 31.2. The summed E-state index contributed by atoms with van der Waals surface area (Å²) >= 11 is 0. The lowest BCUT2D eigenvalue weighted by atomic mass is 9.91. The minimum Gasteiger partial charge on any atom is -0.493 e. The maximum Gasteiger partial charge on any atom is 0.329 e. The number of likely N-dealkylation sites (tertiary alicyclic amines) is 1. The molecule has 2 saturated heterocycles. The molecule has 4 aromatic rings. The standard InChI is InChI=1S/C41H53NO7.C22H28N2O7/c1-8-13-33(43)26-48-34-15-12-14-31(24-34)37(20-19-30-18-17-27(3)28(4)22-30)49-41(45)36-16-10-11-21-42(36)40(44)35(9-2)32-23-29(5)39(47-7)38(25-32)46-6;1-2-29-10-11-31-13-12-30-9-3-4-15-5-6-16-17(14-15)22(28)24(21(16)27)18-7-8-19(25)23-20(18)26/h12,14-15,17-18,22-25,35-37H,8-11,13,16,19-21,26H2,1-7H3;5-6,14,18H,2-4,7-13H2,1H3,(H,23,25,26)/t35-,36-,37?;/m0./s1. The Morgan fingerprint density at radius 1 is 0.713 bits per heavy atom. The van der Waals surface area contributed by atoms with Gasteiger partial charge in [-0.3, -0.25) is 39.0 Å². The molecule has 4 atom stereocenters. The van der Waals surface area contributed by atoms with Gasteiger partial charge in [0.2, 0.25) is 17.7 Å². The van der Waals surface area contributed by atoms with Crippen LogP contribution in [0.25, 0.3) is 0 Å². The van der Waals surface area contributed by atoms with Gasteiger partial charge in [0.1, 0.15) is 30.5 Å². The van der Waals surface area contributed by atoms with Crippen LogP contribution in [0.4, 0.5) is 0 Å². The number of nitrogens with zero attached hydrogens (tertiary/aromatic N) is 2. The maximum atomic E-state index is 14.3. The number of fused-ring (bicyclic) bond motifs is 1. The van der Waals surface area contributed by atoms with Gasteiger partial charge in [-0.25, -0.2) is 4.79 Å². The number of ketones is 1. The van der Waals surface area contributed by atoms with Crippen LogP contribution in [0.15, 0.2) is 72.8 Å². The van der Waals surface area contributed by atoms with Crippen molar-refractivity contribution in [2.24, 2.45) is 0 Å². The molecule has 17 nitrogen and oxygen atoms in total. The number of methoxy groups -OCH3 is 2. The second-order valence-corrected chi connectivity index (χ2v) is 20.5. The van der Waals surface area contributed by atoms with Crippen molar-refractivity contribution in [3.63, 3.8) is 0 Å². The van der Waals surface area contributed by atoms with E-state index in [1.807, 2.05) is 70.2 Å². The normalized spacial score (nSPS) is 16.8. The summed E-state index contributed by atoms with van der Waals surface area (Å²) in [5.74, 6) is -1.10. The van der Waals surface area contributed by atoms with E-state index in [1.54, 1.807) is 31.3 Å². The summed E-state index contributed by atoms with van der Waals surface area (Å²) in [6.07, 6.45) is 6.38. The van der Waals surface area contributed by atoms with Crippen LogP contribution in [0.2, 0.25) is 0 Å². The molecule has 0 bridgehead atoms. The summed E-state index contributed by atoms with van der Waals surface area (Å²) in [5.41, 5.74) is 7.61. The van der Waals surface area contributed by atoms with Gasteiger partial charge < -0.3 is 38.1 Å². The number of hydrogen-bond donors (Lipinski definition) is 1. The number of esters is 1. The first-order chi connectivity index (χ1) is 38.6. The fourth-order valence-electron chi connectivity index (χ4n) is 10.3. The summed E-state index contributed by atoms with van der Waals surface area (Å²) in [6.45, 7) is 15.9. The van der Waals surface area contributed by atoms with E-state index in [-0.39, 0.29) is 37.0 Å². The van der Waals surface area contributed by atoms with Crippen LogP contribution in [-0.4, -0.2) is 130 Å². The molecule has 7 rings (SSSR count). The molecule has 4 aromatic carbocycles. The molecule has 0 saturated carbocycles. The third-order valence-electron chi connectivity index (χ3n) is 14.7. The van der Waals surface area contributed by atoms with E-state index in [4.69, 9.17) is 33.2 Å². The maximum absolute atomic E-state index is 14.3. The quantitative estimate of drug-likeness (QED) is 0.0320. The van der Waals surface area contributed by atoms with Gasteiger partial charge in [0, 0.05) is 32.6 Å². The third-order valence-corrected chi connectivity index (χ3v) is 14.7. The lowest BCUT2D eigenvalue weighted by Crippen LogP contribution is -2.54. The second-order valence-electron chi connectivity index (χ2n) is 20.5. The first kappa shape index (κ1) is 62.3. The van der Waals surface area contributed by atoms with E-state index in [1.165, 1.54) is 11.1 Å². The molecule has 0 spiro atoms. The molecule has 17 heteroatoms. The third kappa shape index (κ3) is 16.8. The van der Waals surface area contributed by atoms with Crippen molar-refractivity contribution in [1.82, 2.24) is 15.1 Å². The molecule has 3 heterocycles. The number of benzene rings is 4. The minimum atomic E-state index is -0.947. The Balaban J connectivity index is 0.000000285. The van der Waals surface area contributed by atoms with E-state index >= 15 is 0 Å². The van der Waals surface area contributed by atoms with Crippen LogP contribution in [0, 0.1) is 20.8 Å². The molecule has 80 heavy (non-hydrogen) atoms. The first-order valence-electron chi connectivity index (χ1n) is 28.2. The fraction of sp³-hybridized carbons (Fsp3) is 0.508. The Morgan fingerprint density at radius 3 is 2.14 bits per heavy atom. The van der Waals surface area contributed by atoms with E-state index < -0.39 is 47.8 Å². The van der Waals surface area contributed by atoms with Crippen LogP contribution in [-0.2, 0) is 55.8 Å². The summed E-state index contributed by atoms with van der Waals surface area (Å²) < 4.78 is 39.4. The highest BCUT2D eigenvalue weighted by molar-refractivity contribution is 6.23. The Bertz CT molecular complexity index is 2790. The van der Waals surface area contributed by atoms with Crippen LogP contribution >= 0.6 is 0 Å². The molecule has 3 aliphatic rings. The van der Waals surface area contributed by atoms with Crippen LogP contribution in [0.1, 0.15) is 157 Å². The SMILES string of the molecule is CCCC(=O)COc1cccc(C(CCc2ccc(C)c(C)c2)OC(=O)[C@@H]2CCCCN2C(=O)[C@@H](CC)c2cc(C)c(OC)c(OC)c2)c1.CCOCCOCCOCCCc1ccc2c(c1)C(=O)N(C1CCC(=O)NC1=O)C2=O. The van der Waals surface area contributed by atoms with Crippen molar-refractivity contribution in [1.29, 1.82) is 0 Å². The lowest BCUT2D eigenvalue weighted by molar-refractivity contribution is -0.162. The number of amides is 5. The zero-order chi connectivity index (χ0) is 57.7. The van der Waals surface area contributed by atoms with Crippen LogP contribution < -0.4 is 19.5 Å². The average Bonchev–Trinajstić information content (AvgIpc) is 3.70. The average molecular weight is 1100 g/mol. The lowest BCUT2D eigenvalue weighted by Gasteiger charge is -2.37. The van der Waals surface area contributed by atoms with E-state index in [0.717, 1.165) is 58.4 Å². The number of imide groups is 2. The summed E-state index contributed by atoms with van der Waals surface area (Å²) in [6, 6.07) is 21.2. The number of ether oxygens (including phenoxy) is 7. The van der Waals surface area contributed by atoms with Gasteiger partial charge in [-0.1, -0.05) is 56.3 Å². The highest BCUT2D eigenvalue weighted by Crippen LogP contribution is 2.38. The monoisotopic (exact) mass is 1100 g/mol. The number of nitrogens with one attached hydrogen (secondary N) is 1. The Labute approximate surface area is 471 Å². The highest BCUT2D eigenvalue weighted by atomic mass is 16.6. The van der Waals surface area contributed by atoms with Gasteiger partial charge in [0.15, 0.2) is 17.3 Å². The Morgan fingerprint density at radius 2 is 1.44 bits per heavy atom. The van der Waals surface area contributed by atoms with Crippen LogP contribution in [0.3, 0.4) is 0 Å². The van der Waals surface area contributed by atoms with Gasteiger partial charge in [0.25, 0.3) is 11.8 Å². The van der Waals surface area contributed by atoms with Crippen molar-refractivity contribution in [2.75, 3.05) is 67.0 Å². The Hall–Kier alpha value is -6.95. The zero-order valence-corrected chi connectivity index (χ0v) is 48.0. The van der Waals surface area contributed by atoms with Gasteiger partial charge in [-0.2, -0.15) is 0 Å². The fourth-order valence-corrected chi connectivity index (χ4v) is 10.3. The van der Waals surface area contributed by atoms with E-state index in [2.05, 4.69) is 37.4 Å². The predicted octanol–water partition coefficient (Wildman–Crippen LogP) is 9.26. The molecule has 0 aliphatic carbocycles. The number of hydrogen-bond acceptors (Lipinski definition) is 14. The number of carbonyl (C=O) groups is 7. The number of Topliss-reactive ketones (excluding diaryl/α,β-unsaturated/α-hetero) is 1.